The topological polar surface area (TPSA) is 85.8 Å². The Balaban J connectivity index is 0.00000320. The van der Waals surface area contributed by atoms with E-state index in [1.807, 2.05) is 23.1 Å². The molecule has 2 aromatic rings. The van der Waals surface area contributed by atoms with Crippen molar-refractivity contribution < 1.29 is 4.79 Å². The van der Waals surface area contributed by atoms with Crippen molar-refractivity contribution in [3.8, 4) is 0 Å². The second-order valence-electron chi connectivity index (χ2n) is 6.83. The van der Waals surface area contributed by atoms with Crippen molar-refractivity contribution in [2.45, 2.75) is 12.8 Å². The molecule has 30 heavy (non-hydrogen) atoms. The van der Waals surface area contributed by atoms with E-state index >= 15 is 0 Å². The fraction of sp³-hybridized carbons (Fsp3) is 0.429. The Morgan fingerprint density at radius 2 is 1.67 bits per heavy atom. The van der Waals surface area contributed by atoms with Gasteiger partial charge in [0.05, 0.1) is 0 Å². The molecule has 1 aliphatic heterocycles. The highest BCUT2D eigenvalue weighted by Gasteiger charge is 2.22. The maximum absolute atomic E-state index is 12.5. The first-order valence-corrected chi connectivity index (χ1v) is 10.0. The van der Waals surface area contributed by atoms with Crippen molar-refractivity contribution in [2.24, 2.45) is 4.99 Å². The molecule has 1 fully saturated rings. The van der Waals surface area contributed by atoms with E-state index in [-0.39, 0.29) is 29.9 Å². The van der Waals surface area contributed by atoms with E-state index in [1.54, 1.807) is 25.5 Å². The molecule has 2 N–H and O–H groups in total. The Morgan fingerprint density at radius 3 is 2.33 bits per heavy atom. The Labute approximate surface area is 195 Å². The lowest BCUT2D eigenvalue weighted by molar-refractivity contribution is -0.131. The van der Waals surface area contributed by atoms with Gasteiger partial charge in [-0.15, -0.1) is 24.0 Å². The van der Waals surface area contributed by atoms with Crippen molar-refractivity contribution in [1.29, 1.82) is 0 Å². The molecule has 1 saturated heterocycles. The van der Waals surface area contributed by atoms with Gasteiger partial charge in [-0.2, -0.15) is 0 Å². The molecule has 9 heteroatoms. The number of carbonyl (C=O) groups excluding carboxylic acids is 1. The molecule has 0 atom stereocenters. The predicted octanol–water partition coefficient (Wildman–Crippen LogP) is 1.54. The summed E-state index contributed by atoms with van der Waals surface area (Å²) in [4.78, 5) is 29.3. The summed E-state index contributed by atoms with van der Waals surface area (Å²) in [7, 11) is 1.74. The second kappa shape index (κ2) is 13.0. The molecule has 1 aromatic heterocycles. The predicted molar refractivity (Wildman–Crippen MR) is 130 cm³/mol. The standard InChI is InChI=1S/C21H29N7O.HI/c1-22-20(23-12-8-18-6-3-2-4-7-18)24-13-9-19(29)27-14-16-28(17-15-27)21-25-10-5-11-26-21;/h2-7,10-11H,8-9,12-17H2,1H3,(H2,22,23,24);1H. The lowest BCUT2D eigenvalue weighted by atomic mass is 10.1. The number of nitrogens with zero attached hydrogens (tertiary/aromatic N) is 5. The maximum atomic E-state index is 12.5. The molecular formula is C21H30IN7O. The fourth-order valence-electron chi connectivity index (χ4n) is 3.25. The van der Waals surface area contributed by atoms with Crippen molar-refractivity contribution >= 4 is 41.8 Å². The third kappa shape index (κ3) is 7.43. The summed E-state index contributed by atoms with van der Waals surface area (Å²) in [5, 5.41) is 6.51. The lowest BCUT2D eigenvalue weighted by Gasteiger charge is -2.34. The first kappa shape index (κ1) is 23.8. The number of hydrogen-bond acceptors (Lipinski definition) is 5. The number of halogens is 1. The zero-order chi connectivity index (χ0) is 20.3. The third-order valence-corrected chi connectivity index (χ3v) is 4.87. The van der Waals surface area contributed by atoms with Gasteiger partial charge in [-0.3, -0.25) is 9.79 Å². The molecule has 1 aliphatic rings. The highest BCUT2D eigenvalue weighted by Crippen LogP contribution is 2.10. The summed E-state index contributed by atoms with van der Waals surface area (Å²) in [6.07, 6.45) is 4.86. The molecule has 3 rings (SSSR count). The minimum Gasteiger partial charge on any atom is -0.356 e. The van der Waals surface area contributed by atoms with Crippen LogP contribution in [0.4, 0.5) is 5.95 Å². The first-order valence-electron chi connectivity index (χ1n) is 10.0. The van der Waals surface area contributed by atoms with Crippen LogP contribution in [0.25, 0.3) is 0 Å². The summed E-state index contributed by atoms with van der Waals surface area (Å²) in [6.45, 7) is 4.26. The van der Waals surface area contributed by atoms with Crippen molar-refractivity contribution in [3.63, 3.8) is 0 Å². The molecule has 162 valence electrons. The molecule has 0 bridgehead atoms. The number of guanidine groups is 1. The van der Waals surface area contributed by atoms with Gasteiger partial charge >= 0.3 is 0 Å². The van der Waals surface area contributed by atoms with E-state index in [4.69, 9.17) is 0 Å². The van der Waals surface area contributed by atoms with E-state index in [1.165, 1.54) is 5.56 Å². The molecule has 0 unspecified atom stereocenters. The Hall–Kier alpha value is -2.43. The molecule has 0 radical (unpaired) electrons. The summed E-state index contributed by atoms with van der Waals surface area (Å²) >= 11 is 0. The zero-order valence-electron chi connectivity index (χ0n) is 17.3. The lowest BCUT2D eigenvalue weighted by Crippen LogP contribution is -2.50. The number of aromatic nitrogens is 2. The number of amides is 1. The fourth-order valence-corrected chi connectivity index (χ4v) is 3.25. The van der Waals surface area contributed by atoms with Crippen LogP contribution in [-0.2, 0) is 11.2 Å². The normalized spacial score (nSPS) is 14.1. The number of carbonyl (C=O) groups is 1. The second-order valence-corrected chi connectivity index (χ2v) is 6.83. The molecule has 8 nitrogen and oxygen atoms in total. The third-order valence-electron chi connectivity index (χ3n) is 4.87. The number of piperazine rings is 1. The van der Waals surface area contributed by atoms with Gasteiger partial charge in [0.2, 0.25) is 11.9 Å². The van der Waals surface area contributed by atoms with Gasteiger partial charge in [0.25, 0.3) is 0 Å². The van der Waals surface area contributed by atoms with Crippen molar-refractivity contribution in [2.75, 3.05) is 51.2 Å². The smallest absolute Gasteiger partial charge is 0.225 e. The summed E-state index contributed by atoms with van der Waals surface area (Å²) in [5.41, 5.74) is 1.28. The average molecular weight is 523 g/mol. The minimum absolute atomic E-state index is 0. The van der Waals surface area contributed by atoms with Gasteiger partial charge in [0.15, 0.2) is 5.96 Å². The van der Waals surface area contributed by atoms with Gasteiger partial charge in [-0.1, -0.05) is 30.3 Å². The highest BCUT2D eigenvalue weighted by molar-refractivity contribution is 14.0. The Morgan fingerprint density at radius 1 is 1.00 bits per heavy atom. The van der Waals surface area contributed by atoms with Gasteiger partial charge in [0, 0.05) is 65.1 Å². The van der Waals surface area contributed by atoms with Crippen LogP contribution in [0.3, 0.4) is 0 Å². The quantitative estimate of drug-likeness (QED) is 0.326. The van der Waals surface area contributed by atoms with E-state index in [2.05, 4.69) is 42.6 Å². The summed E-state index contributed by atoms with van der Waals surface area (Å²) in [5.74, 6) is 1.61. The van der Waals surface area contributed by atoms with E-state index in [0.29, 0.717) is 26.1 Å². The van der Waals surface area contributed by atoms with Crippen LogP contribution in [0.1, 0.15) is 12.0 Å². The van der Waals surface area contributed by atoms with Crippen molar-refractivity contribution in [1.82, 2.24) is 25.5 Å². The maximum Gasteiger partial charge on any atom is 0.225 e. The molecule has 2 heterocycles. The number of hydrogen-bond donors (Lipinski definition) is 2. The molecule has 0 aliphatic carbocycles. The Bertz CT molecular complexity index is 780. The minimum atomic E-state index is 0. The van der Waals surface area contributed by atoms with Crippen LogP contribution in [0, 0.1) is 0 Å². The van der Waals surface area contributed by atoms with Gasteiger partial charge in [-0.05, 0) is 18.1 Å². The largest absolute Gasteiger partial charge is 0.356 e. The van der Waals surface area contributed by atoms with Gasteiger partial charge in [-0.25, -0.2) is 9.97 Å². The van der Waals surface area contributed by atoms with E-state index in [0.717, 1.165) is 38.0 Å². The SMILES string of the molecule is CN=C(NCCC(=O)N1CCN(c2ncccn2)CC1)NCCc1ccccc1.I. The van der Waals surface area contributed by atoms with Crippen molar-refractivity contribution in [3.05, 3.63) is 54.4 Å². The Kier molecular flexibility index (Phi) is 10.3. The number of nitrogens with one attached hydrogen (secondary N) is 2. The van der Waals surface area contributed by atoms with Gasteiger partial charge < -0.3 is 20.4 Å². The van der Waals surface area contributed by atoms with Gasteiger partial charge in [0.1, 0.15) is 0 Å². The van der Waals surface area contributed by atoms with E-state index in [9.17, 15) is 4.79 Å². The first-order chi connectivity index (χ1) is 14.3. The molecule has 0 saturated carbocycles. The number of anilines is 1. The average Bonchev–Trinajstić information content (AvgIpc) is 2.79. The van der Waals surface area contributed by atoms with Crippen LogP contribution in [0.15, 0.2) is 53.8 Å². The molecular weight excluding hydrogens is 493 g/mol. The zero-order valence-corrected chi connectivity index (χ0v) is 19.7. The van der Waals surface area contributed by atoms with Crippen LogP contribution < -0.4 is 15.5 Å². The summed E-state index contributed by atoms with van der Waals surface area (Å²) < 4.78 is 0. The van der Waals surface area contributed by atoms with Crippen LogP contribution >= 0.6 is 24.0 Å². The number of benzene rings is 1. The number of aliphatic imine (C=N–C) groups is 1. The van der Waals surface area contributed by atoms with Crippen LogP contribution in [0.5, 0.6) is 0 Å². The van der Waals surface area contributed by atoms with E-state index < -0.39 is 0 Å². The monoisotopic (exact) mass is 523 g/mol. The summed E-state index contributed by atoms with van der Waals surface area (Å²) in [6, 6.07) is 12.1. The van der Waals surface area contributed by atoms with Crippen LogP contribution in [-0.4, -0.2) is 73.1 Å². The highest BCUT2D eigenvalue weighted by atomic mass is 127. The number of rotatable bonds is 7. The molecule has 1 amide bonds. The molecule has 1 aromatic carbocycles. The van der Waals surface area contributed by atoms with Crippen LogP contribution in [0.2, 0.25) is 0 Å². The molecule has 0 spiro atoms.